The quantitative estimate of drug-likeness (QED) is 0.907. The van der Waals surface area contributed by atoms with Crippen LogP contribution in [-0.2, 0) is 0 Å². The highest BCUT2D eigenvalue weighted by atomic mass is 16.5. The van der Waals surface area contributed by atoms with Crippen LogP contribution in [0.5, 0.6) is 5.75 Å². The van der Waals surface area contributed by atoms with Gasteiger partial charge in [-0.3, -0.25) is 4.90 Å². The summed E-state index contributed by atoms with van der Waals surface area (Å²) in [6.45, 7) is 6.79. The molecule has 1 aliphatic rings. The summed E-state index contributed by atoms with van der Waals surface area (Å²) in [7, 11) is 1.69. The molecule has 0 saturated carbocycles. The maximum atomic E-state index is 6.34. The molecule has 0 radical (unpaired) electrons. The summed E-state index contributed by atoms with van der Waals surface area (Å²) in [6, 6.07) is 8.83. The van der Waals surface area contributed by atoms with Gasteiger partial charge in [-0.2, -0.15) is 0 Å². The summed E-state index contributed by atoms with van der Waals surface area (Å²) in [6.07, 6.45) is 2.64. The average Bonchev–Trinajstić information content (AvgIpc) is 2.44. The van der Waals surface area contributed by atoms with Crippen molar-refractivity contribution in [1.82, 2.24) is 4.90 Å². The highest BCUT2D eigenvalue weighted by Gasteiger charge is 2.25. The number of nitrogens with two attached hydrogens (primary N) is 1. The Bertz CT molecular complexity index is 390. The number of methoxy groups -OCH3 is 1. The molecule has 1 aromatic rings. The van der Waals surface area contributed by atoms with Crippen molar-refractivity contribution in [1.29, 1.82) is 0 Å². The van der Waals surface area contributed by atoms with Crippen molar-refractivity contribution in [2.24, 2.45) is 11.7 Å². The molecule has 0 aliphatic carbocycles. The number of likely N-dealkylation sites (tertiary alicyclic amines) is 1. The van der Waals surface area contributed by atoms with Crippen molar-refractivity contribution in [2.75, 3.05) is 20.2 Å². The molecule has 1 aliphatic heterocycles. The third kappa shape index (κ3) is 3.48. The summed E-state index contributed by atoms with van der Waals surface area (Å²) in [4.78, 5) is 2.53. The molecule has 3 heteroatoms. The first-order valence-corrected chi connectivity index (χ1v) is 7.25. The predicted octanol–water partition coefficient (Wildman–Crippen LogP) is 2.82. The van der Waals surface area contributed by atoms with Gasteiger partial charge in [-0.05, 0) is 49.9 Å². The van der Waals surface area contributed by atoms with E-state index in [1.807, 2.05) is 12.1 Å². The molecule has 0 aromatic heterocycles. The van der Waals surface area contributed by atoms with E-state index < -0.39 is 0 Å². The van der Waals surface area contributed by atoms with Gasteiger partial charge in [0.25, 0.3) is 0 Å². The van der Waals surface area contributed by atoms with Crippen molar-refractivity contribution < 1.29 is 4.74 Å². The van der Waals surface area contributed by atoms with Crippen LogP contribution in [0.15, 0.2) is 24.3 Å². The predicted molar refractivity (Wildman–Crippen MR) is 79.4 cm³/mol. The van der Waals surface area contributed by atoms with Crippen molar-refractivity contribution in [3.05, 3.63) is 29.8 Å². The van der Waals surface area contributed by atoms with Crippen LogP contribution in [0.3, 0.4) is 0 Å². The van der Waals surface area contributed by atoms with Crippen LogP contribution in [-0.4, -0.2) is 31.1 Å². The molecule has 2 N–H and O–H groups in total. The zero-order valence-corrected chi connectivity index (χ0v) is 12.3. The second-order valence-electron chi connectivity index (χ2n) is 5.73. The maximum Gasteiger partial charge on any atom is 0.118 e. The number of hydrogen-bond donors (Lipinski definition) is 1. The topological polar surface area (TPSA) is 38.5 Å². The lowest BCUT2D eigenvalue weighted by Crippen LogP contribution is -2.45. The van der Waals surface area contributed by atoms with Gasteiger partial charge in [-0.1, -0.05) is 19.1 Å². The molecule has 0 amide bonds. The fourth-order valence-corrected chi connectivity index (χ4v) is 2.89. The van der Waals surface area contributed by atoms with Crippen LogP contribution in [0.25, 0.3) is 0 Å². The Morgan fingerprint density at radius 2 is 2.00 bits per heavy atom. The molecule has 3 unspecified atom stereocenters. The normalized spacial score (nSPS) is 26.1. The van der Waals surface area contributed by atoms with Crippen molar-refractivity contribution in [3.63, 3.8) is 0 Å². The van der Waals surface area contributed by atoms with Gasteiger partial charge in [0.2, 0.25) is 0 Å². The molecule has 1 fully saturated rings. The van der Waals surface area contributed by atoms with E-state index in [0.717, 1.165) is 18.2 Å². The van der Waals surface area contributed by atoms with Gasteiger partial charge in [-0.15, -0.1) is 0 Å². The van der Waals surface area contributed by atoms with E-state index in [2.05, 4.69) is 30.9 Å². The smallest absolute Gasteiger partial charge is 0.118 e. The molecule has 3 atom stereocenters. The molecule has 0 bridgehead atoms. The van der Waals surface area contributed by atoms with Gasteiger partial charge in [-0.25, -0.2) is 0 Å². The number of ether oxygens (including phenoxy) is 1. The minimum atomic E-state index is 0.0821. The zero-order chi connectivity index (χ0) is 13.8. The van der Waals surface area contributed by atoms with E-state index >= 15 is 0 Å². The van der Waals surface area contributed by atoms with Crippen LogP contribution < -0.4 is 10.5 Å². The molecule has 1 aromatic carbocycles. The number of piperidine rings is 1. The minimum Gasteiger partial charge on any atom is -0.497 e. The fraction of sp³-hybridized carbons (Fsp3) is 0.625. The van der Waals surface area contributed by atoms with E-state index in [1.165, 1.54) is 24.9 Å². The molecule has 0 spiro atoms. The molecule has 1 saturated heterocycles. The second-order valence-corrected chi connectivity index (χ2v) is 5.73. The van der Waals surface area contributed by atoms with Gasteiger partial charge in [0, 0.05) is 18.6 Å². The summed E-state index contributed by atoms with van der Waals surface area (Å²) in [5.41, 5.74) is 7.53. The standard InChI is InChI=1S/C16H26N2O/c1-12-5-4-10-18(13(12)2)11-16(17)14-6-8-15(19-3)9-7-14/h6-9,12-13,16H,4-5,10-11,17H2,1-3H3. The zero-order valence-electron chi connectivity index (χ0n) is 12.3. The monoisotopic (exact) mass is 262 g/mol. The SMILES string of the molecule is COc1ccc(C(N)CN2CCCC(C)C2C)cc1. The Morgan fingerprint density at radius 3 is 2.63 bits per heavy atom. The van der Waals surface area contributed by atoms with Crippen LogP contribution >= 0.6 is 0 Å². The summed E-state index contributed by atoms with van der Waals surface area (Å²) in [5.74, 6) is 1.66. The van der Waals surface area contributed by atoms with E-state index in [9.17, 15) is 0 Å². The second kappa shape index (κ2) is 6.40. The Kier molecular flexibility index (Phi) is 4.83. The van der Waals surface area contributed by atoms with Gasteiger partial charge in [0.1, 0.15) is 5.75 Å². The Labute approximate surface area is 116 Å². The number of hydrogen-bond acceptors (Lipinski definition) is 3. The molecule has 2 rings (SSSR count). The third-order valence-corrected chi connectivity index (χ3v) is 4.48. The summed E-state index contributed by atoms with van der Waals surface area (Å²) in [5, 5.41) is 0. The lowest BCUT2D eigenvalue weighted by atomic mass is 9.91. The highest BCUT2D eigenvalue weighted by molar-refractivity contribution is 5.29. The third-order valence-electron chi connectivity index (χ3n) is 4.48. The van der Waals surface area contributed by atoms with Crippen LogP contribution in [0.4, 0.5) is 0 Å². The average molecular weight is 262 g/mol. The minimum absolute atomic E-state index is 0.0821. The van der Waals surface area contributed by atoms with Crippen molar-refractivity contribution in [3.8, 4) is 5.75 Å². The lowest BCUT2D eigenvalue weighted by molar-refractivity contribution is 0.107. The first-order valence-electron chi connectivity index (χ1n) is 7.25. The van der Waals surface area contributed by atoms with Crippen LogP contribution in [0.1, 0.15) is 38.3 Å². The lowest BCUT2D eigenvalue weighted by Gasteiger charge is -2.39. The number of rotatable bonds is 4. The van der Waals surface area contributed by atoms with Crippen LogP contribution in [0, 0.1) is 5.92 Å². The fourth-order valence-electron chi connectivity index (χ4n) is 2.89. The maximum absolute atomic E-state index is 6.34. The number of nitrogens with zero attached hydrogens (tertiary/aromatic N) is 1. The number of benzene rings is 1. The van der Waals surface area contributed by atoms with E-state index in [1.54, 1.807) is 7.11 Å². The molecule has 106 valence electrons. The molecular formula is C16H26N2O. The van der Waals surface area contributed by atoms with E-state index in [0.29, 0.717) is 6.04 Å². The summed E-state index contributed by atoms with van der Waals surface area (Å²) >= 11 is 0. The molecule has 3 nitrogen and oxygen atoms in total. The largest absolute Gasteiger partial charge is 0.497 e. The van der Waals surface area contributed by atoms with Gasteiger partial charge in [0.05, 0.1) is 7.11 Å². The van der Waals surface area contributed by atoms with Crippen LogP contribution in [0.2, 0.25) is 0 Å². The Balaban J connectivity index is 1.97. The first-order chi connectivity index (χ1) is 9.11. The first kappa shape index (κ1) is 14.4. The van der Waals surface area contributed by atoms with Gasteiger partial charge < -0.3 is 10.5 Å². The Morgan fingerprint density at radius 1 is 1.32 bits per heavy atom. The van der Waals surface area contributed by atoms with Gasteiger partial charge >= 0.3 is 0 Å². The molecular weight excluding hydrogens is 236 g/mol. The Hall–Kier alpha value is -1.06. The van der Waals surface area contributed by atoms with Crippen molar-refractivity contribution >= 4 is 0 Å². The van der Waals surface area contributed by atoms with E-state index in [4.69, 9.17) is 10.5 Å². The van der Waals surface area contributed by atoms with Crippen molar-refractivity contribution in [2.45, 2.75) is 38.8 Å². The molecule has 1 heterocycles. The van der Waals surface area contributed by atoms with E-state index in [-0.39, 0.29) is 6.04 Å². The highest BCUT2D eigenvalue weighted by Crippen LogP contribution is 2.25. The van der Waals surface area contributed by atoms with Gasteiger partial charge in [0.15, 0.2) is 0 Å². The molecule has 19 heavy (non-hydrogen) atoms. The summed E-state index contributed by atoms with van der Waals surface area (Å²) < 4.78 is 5.18.